The smallest absolute Gasteiger partial charge is 0.225 e. The fraction of sp³-hybridized carbons (Fsp3) is 0.636. The molecule has 2 N–H and O–H groups in total. The van der Waals surface area contributed by atoms with Crippen molar-refractivity contribution in [2.75, 3.05) is 25.2 Å². The summed E-state index contributed by atoms with van der Waals surface area (Å²) in [5.41, 5.74) is 6.47. The van der Waals surface area contributed by atoms with Crippen molar-refractivity contribution in [3.05, 3.63) is 18.0 Å². The van der Waals surface area contributed by atoms with Gasteiger partial charge in [0.15, 0.2) is 0 Å². The van der Waals surface area contributed by atoms with Gasteiger partial charge in [0.2, 0.25) is 5.95 Å². The maximum absolute atomic E-state index is 5.51. The maximum atomic E-state index is 5.51. The summed E-state index contributed by atoms with van der Waals surface area (Å²) in [6, 6.07) is 0.484. The molecule has 0 radical (unpaired) electrons. The summed E-state index contributed by atoms with van der Waals surface area (Å²) in [6.07, 6.45) is 5.66. The molecule has 1 aromatic heterocycles. The van der Waals surface area contributed by atoms with Crippen LogP contribution in [0.25, 0.3) is 0 Å². The molecule has 0 saturated carbocycles. The molecule has 1 aromatic rings. The first kappa shape index (κ1) is 11.3. The van der Waals surface area contributed by atoms with Gasteiger partial charge in [-0.3, -0.25) is 0 Å². The van der Waals surface area contributed by atoms with Crippen LogP contribution >= 0.6 is 0 Å². The monoisotopic (exact) mass is 222 g/mol. The van der Waals surface area contributed by atoms with Gasteiger partial charge in [-0.25, -0.2) is 9.97 Å². The van der Waals surface area contributed by atoms with Crippen molar-refractivity contribution in [1.82, 2.24) is 9.97 Å². The van der Waals surface area contributed by atoms with Gasteiger partial charge < -0.3 is 15.4 Å². The molecule has 0 aromatic carbocycles. The maximum Gasteiger partial charge on any atom is 0.225 e. The molecule has 2 rings (SSSR count). The van der Waals surface area contributed by atoms with E-state index in [1.807, 2.05) is 7.05 Å². The summed E-state index contributed by atoms with van der Waals surface area (Å²) in [5.74, 6) is 0.768. The zero-order valence-corrected chi connectivity index (χ0v) is 9.59. The Kier molecular flexibility index (Phi) is 3.69. The van der Waals surface area contributed by atoms with Gasteiger partial charge in [0.1, 0.15) is 0 Å². The predicted molar refractivity (Wildman–Crippen MR) is 62.2 cm³/mol. The van der Waals surface area contributed by atoms with E-state index in [9.17, 15) is 0 Å². The molecule has 0 aliphatic carbocycles. The third-order valence-electron chi connectivity index (χ3n) is 2.98. The van der Waals surface area contributed by atoms with Crippen molar-refractivity contribution in [3.63, 3.8) is 0 Å². The van der Waals surface area contributed by atoms with E-state index in [1.165, 1.54) is 0 Å². The van der Waals surface area contributed by atoms with Crippen molar-refractivity contribution >= 4 is 5.95 Å². The Morgan fingerprint density at radius 3 is 2.56 bits per heavy atom. The van der Waals surface area contributed by atoms with Gasteiger partial charge in [-0.2, -0.15) is 0 Å². The molecular weight excluding hydrogens is 204 g/mol. The van der Waals surface area contributed by atoms with Gasteiger partial charge in [-0.05, 0) is 12.8 Å². The fourth-order valence-electron chi connectivity index (χ4n) is 1.87. The lowest BCUT2D eigenvalue weighted by molar-refractivity contribution is 0.0852. The van der Waals surface area contributed by atoms with E-state index in [0.29, 0.717) is 12.6 Å². The van der Waals surface area contributed by atoms with Gasteiger partial charge in [0.05, 0.1) is 0 Å². The third-order valence-corrected chi connectivity index (χ3v) is 2.98. The quantitative estimate of drug-likeness (QED) is 0.809. The van der Waals surface area contributed by atoms with E-state index in [0.717, 1.165) is 37.6 Å². The third kappa shape index (κ3) is 2.48. The van der Waals surface area contributed by atoms with Crippen molar-refractivity contribution in [1.29, 1.82) is 0 Å². The highest BCUT2D eigenvalue weighted by molar-refractivity contribution is 5.30. The molecule has 5 heteroatoms. The molecule has 0 spiro atoms. The van der Waals surface area contributed by atoms with Gasteiger partial charge in [-0.1, -0.05) is 0 Å². The van der Waals surface area contributed by atoms with Crippen LogP contribution in [0.2, 0.25) is 0 Å². The first-order chi connectivity index (χ1) is 7.81. The number of anilines is 1. The Bertz CT molecular complexity index is 321. The number of nitrogens with zero attached hydrogens (tertiary/aromatic N) is 3. The zero-order valence-electron chi connectivity index (χ0n) is 9.59. The Hall–Kier alpha value is -1.20. The standard InChI is InChI=1S/C11H18N4O/c1-15(10-2-4-16-5-3-10)11-13-7-9(6-12)8-14-11/h7-8,10H,2-6,12H2,1H3. The van der Waals surface area contributed by atoms with E-state index in [-0.39, 0.29) is 0 Å². The Morgan fingerprint density at radius 1 is 1.38 bits per heavy atom. The van der Waals surface area contributed by atoms with Crippen LogP contribution in [0.3, 0.4) is 0 Å². The minimum atomic E-state index is 0.484. The molecule has 2 heterocycles. The highest BCUT2D eigenvalue weighted by Crippen LogP contribution is 2.17. The fourth-order valence-corrected chi connectivity index (χ4v) is 1.87. The highest BCUT2D eigenvalue weighted by atomic mass is 16.5. The second kappa shape index (κ2) is 5.23. The van der Waals surface area contributed by atoms with Gasteiger partial charge in [-0.15, -0.1) is 0 Å². The molecule has 5 nitrogen and oxygen atoms in total. The number of hydrogen-bond donors (Lipinski definition) is 1. The van der Waals surface area contributed by atoms with E-state index in [2.05, 4.69) is 14.9 Å². The molecule has 16 heavy (non-hydrogen) atoms. The van der Waals surface area contributed by atoms with Gasteiger partial charge >= 0.3 is 0 Å². The molecule has 0 bridgehead atoms. The topological polar surface area (TPSA) is 64.3 Å². The van der Waals surface area contributed by atoms with Crippen LogP contribution in [-0.2, 0) is 11.3 Å². The average Bonchev–Trinajstić information content (AvgIpc) is 2.39. The summed E-state index contributed by atoms with van der Waals surface area (Å²) in [4.78, 5) is 10.8. The highest BCUT2D eigenvalue weighted by Gasteiger charge is 2.20. The summed E-state index contributed by atoms with van der Waals surface area (Å²) < 4.78 is 5.34. The lowest BCUT2D eigenvalue weighted by atomic mass is 10.1. The number of hydrogen-bond acceptors (Lipinski definition) is 5. The van der Waals surface area contributed by atoms with E-state index in [1.54, 1.807) is 12.4 Å². The Morgan fingerprint density at radius 2 is 2.00 bits per heavy atom. The first-order valence-electron chi connectivity index (χ1n) is 5.63. The van der Waals surface area contributed by atoms with Crippen LogP contribution in [0.15, 0.2) is 12.4 Å². The van der Waals surface area contributed by atoms with E-state index >= 15 is 0 Å². The summed E-state index contributed by atoms with van der Waals surface area (Å²) in [7, 11) is 2.04. The normalized spacial score (nSPS) is 17.4. The largest absolute Gasteiger partial charge is 0.381 e. The molecule has 88 valence electrons. The van der Waals surface area contributed by atoms with E-state index < -0.39 is 0 Å². The number of rotatable bonds is 3. The van der Waals surface area contributed by atoms with E-state index in [4.69, 9.17) is 10.5 Å². The van der Waals surface area contributed by atoms with Gasteiger partial charge in [0, 0.05) is 50.8 Å². The van der Waals surface area contributed by atoms with Crippen LogP contribution in [0.1, 0.15) is 18.4 Å². The van der Waals surface area contributed by atoms with Crippen LogP contribution in [0.5, 0.6) is 0 Å². The lowest BCUT2D eigenvalue weighted by Crippen LogP contribution is -2.37. The van der Waals surface area contributed by atoms with Crippen molar-refractivity contribution in [3.8, 4) is 0 Å². The lowest BCUT2D eigenvalue weighted by Gasteiger charge is -2.31. The summed E-state index contributed by atoms with van der Waals surface area (Å²) in [6.45, 7) is 2.15. The first-order valence-corrected chi connectivity index (χ1v) is 5.63. The molecule has 0 amide bonds. The second-order valence-electron chi connectivity index (χ2n) is 4.05. The minimum absolute atomic E-state index is 0.484. The number of nitrogens with two attached hydrogens (primary N) is 1. The number of ether oxygens (including phenoxy) is 1. The molecule has 1 saturated heterocycles. The van der Waals surface area contributed by atoms with Crippen molar-refractivity contribution in [2.24, 2.45) is 5.73 Å². The SMILES string of the molecule is CN(c1ncc(CN)cn1)C1CCOCC1. The second-order valence-corrected chi connectivity index (χ2v) is 4.05. The molecular formula is C11H18N4O. The van der Waals surface area contributed by atoms with Crippen LogP contribution in [-0.4, -0.2) is 36.3 Å². The molecule has 1 fully saturated rings. The Labute approximate surface area is 95.6 Å². The predicted octanol–water partition coefficient (Wildman–Crippen LogP) is 0.550. The zero-order chi connectivity index (χ0) is 11.4. The molecule has 1 aliphatic heterocycles. The Balaban J connectivity index is 2.04. The minimum Gasteiger partial charge on any atom is -0.381 e. The van der Waals surface area contributed by atoms with Gasteiger partial charge in [0.25, 0.3) is 0 Å². The van der Waals surface area contributed by atoms with Crippen LogP contribution in [0.4, 0.5) is 5.95 Å². The molecule has 1 aliphatic rings. The summed E-state index contributed by atoms with van der Waals surface area (Å²) in [5, 5.41) is 0. The molecule has 0 atom stereocenters. The van der Waals surface area contributed by atoms with Crippen LogP contribution in [0, 0.1) is 0 Å². The van der Waals surface area contributed by atoms with Crippen molar-refractivity contribution < 1.29 is 4.74 Å². The number of aromatic nitrogens is 2. The molecule has 0 unspecified atom stereocenters. The summed E-state index contributed by atoms with van der Waals surface area (Å²) >= 11 is 0. The average molecular weight is 222 g/mol. The van der Waals surface area contributed by atoms with Crippen molar-refractivity contribution in [2.45, 2.75) is 25.4 Å². The van der Waals surface area contributed by atoms with Crippen LogP contribution < -0.4 is 10.6 Å².